The maximum Gasteiger partial charge on any atom is 0.257 e. The van der Waals surface area contributed by atoms with Crippen molar-refractivity contribution in [2.75, 3.05) is 12.4 Å². The van der Waals surface area contributed by atoms with Crippen LogP contribution in [0.3, 0.4) is 0 Å². The molecule has 0 aliphatic heterocycles. The monoisotopic (exact) mass is 389 g/mol. The third-order valence-corrected chi connectivity index (χ3v) is 3.89. The third kappa shape index (κ3) is 3.61. The Hall–Kier alpha value is -1.43. The Morgan fingerprint density at radius 2 is 2.00 bits per heavy atom. The van der Waals surface area contributed by atoms with Crippen LogP contribution >= 0.6 is 39.1 Å². The lowest BCUT2D eigenvalue weighted by atomic mass is 10.2. The first-order chi connectivity index (χ1) is 9.92. The molecule has 0 saturated heterocycles. The van der Waals surface area contributed by atoms with Crippen molar-refractivity contribution in [3.63, 3.8) is 0 Å². The molecule has 0 radical (unpaired) electrons. The number of phenolic OH excluding ortho intramolecular Hbond substituents is 1. The van der Waals surface area contributed by atoms with Crippen LogP contribution in [0.5, 0.6) is 11.5 Å². The standard InChI is InChI=1S/C14H10BrCl2NO3/c1-21-8-2-3-10(15)9(6-8)14(20)18-12-5-7(16)4-11(17)13(12)19/h2-6,19H,1H3,(H,18,20). The quantitative estimate of drug-likeness (QED) is 0.745. The number of halogens is 3. The molecule has 0 aliphatic carbocycles. The molecule has 0 spiro atoms. The Morgan fingerprint density at radius 1 is 1.29 bits per heavy atom. The molecule has 110 valence electrons. The summed E-state index contributed by atoms with van der Waals surface area (Å²) in [4.78, 5) is 12.3. The van der Waals surface area contributed by atoms with E-state index in [0.717, 1.165) is 0 Å². The van der Waals surface area contributed by atoms with Crippen LogP contribution in [0.1, 0.15) is 10.4 Å². The van der Waals surface area contributed by atoms with Crippen LogP contribution in [-0.2, 0) is 0 Å². The lowest BCUT2D eigenvalue weighted by molar-refractivity contribution is 0.102. The van der Waals surface area contributed by atoms with E-state index in [9.17, 15) is 9.90 Å². The average molecular weight is 391 g/mol. The Labute approximate surface area is 139 Å². The summed E-state index contributed by atoms with van der Waals surface area (Å²) in [5.74, 6) is -0.139. The fourth-order valence-electron chi connectivity index (χ4n) is 1.66. The Morgan fingerprint density at radius 3 is 2.67 bits per heavy atom. The van der Waals surface area contributed by atoms with Gasteiger partial charge in [-0.15, -0.1) is 0 Å². The molecular weight excluding hydrogens is 381 g/mol. The van der Waals surface area contributed by atoms with Gasteiger partial charge in [0.05, 0.1) is 23.4 Å². The maximum atomic E-state index is 12.3. The van der Waals surface area contributed by atoms with Crippen LogP contribution in [0.25, 0.3) is 0 Å². The minimum absolute atomic E-state index is 0.0579. The summed E-state index contributed by atoms with van der Waals surface area (Å²) in [5.41, 5.74) is 0.483. The van der Waals surface area contributed by atoms with Crippen LogP contribution < -0.4 is 10.1 Å². The number of hydrogen-bond donors (Lipinski definition) is 2. The number of phenols is 1. The second kappa shape index (κ2) is 6.56. The molecule has 0 aromatic heterocycles. The molecule has 0 unspecified atom stereocenters. The van der Waals surface area contributed by atoms with Gasteiger partial charge in [0.15, 0.2) is 5.75 Å². The normalized spacial score (nSPS) is 10.3. The van der Waals surface area contributed by atoms with Gasteiger partial charge in [-0.2, -0.15) is 0 Å². The van der Waals surface area contributed by atoms with Gasteiger partial charge in [0.25, 0.3) is 5.91 Å². The van der Waals surface area contributed by atoms with E-state index in [1.54, 1.807) is 18.2 Å². The molecule has 2 aromatic rings. The molecular formula is C14H10BrCl2NO3. The molecule has 0 aliphatic rings. The van der Waals surface area contributed by atoms with E-state index in [2.05, 4.69) is 21.2 Å². The van der Waals surface area contributed by atoms with Gasteiger partial charge in [0, 0.05) is 9.50 Å². The molecule has 2 N–H and O–H groups in total. The number of amides is 1. The van der Waals surface area contributed by atoms with Gasteiger partial charge in [-0.25, -0.2) is 0 Å². The number of rotatable bonds is 3. The van der Waals surface area contributed by atoms with Crippen molar-refractivity contribution in [3.05, 3.63) is 50.4 Å². The topological polar surface area (TPSA) is 58.6 Å². The first-order valence-corrected chi connectivity index (χ1v) is 7.30. The summed E-state index contributed by atoms with van der Waals surface area (Å²) in [7, 11) is 1.51. The zero-order valence-electron chi connectivity index (χ0n) is 10.8. The summed E-state index contributed by atoms with van der Waals surface area (Å²) in [6.07, 6.45) is 0. The number of nitrogens with one attached hydrogen (secondary N) is 1. The van der Waals surface area contributed by atoms with E-state index in [0.29, 0.717) is 20.8 Å². The number of anilines is 1. The highest BCUT2D eigenvalue weighted by Crippen LogP contribution is 2.35. The molecule has 0 saturated carbocycles. The molecule has 2 aromatic carbocycles. The van der Waals surface area contributed by atoms with Gasteiger partial charge in [-0.1, -0.05) is 23.2 Å². The molecule has 4 nitrogen and oxygen atoms in total. The molecule has 2 rings (SSSR count). The SMILES string of the molecule is COc1ccc(Br)c(C(=O)Nc2cc(Cl)cc(Cl)c2O)c1. The zero-order chi connectivity index (χ0) is 15.6. The summed E-state index contributed by atoms with van der Waals surface area (Å²) in [6.45, 7) is 0. The summed E-state index contributed by atoms with van der Waals surface area (Å²) in [5, 5.41) is 12.8. The number of carbonyl (C=O) groups is 1. The molecule has 0 bridgehead atoms. The lowest BCUT2D eigenvalue weighted by Crippen LogP contribution is -2.13. The zero-order valence-corrected chi connectivity index (χ0v) is 13.9. The predicted octanol–water partition coefficient (Wildman–Crippen LogP) is 4.72. The van der Waals surface area contributed by atoms with Gasteiger partial charge in [0.2, 0.25) is 0 Å². The van der Waals surface area contributed by atoms with E-state index < -0.39 is 5.91 Å². The average Bonchev–Trinajstić information content (AvgIpc) is 2.44. The highest BCUT2D eigenvalue weighted by Gasteiger charge is 2.15. The largest absolute Gasteiger partial charge is 0.504 e. The number of benzene rings is 2. The first kappa shape index (κ1) is 15.9. The number of aromatic hydroxyl groups is 1. The van der Waals surface area contributed by atoms with E-state index in [1.165, 1.54) is 19.2 Å². The number of methoxy groups -OCH3 is 1. The van der Waals surface area contributed by atoms with Crippen molar-refractivity contribution < 1.29 is 14.6 Å². The molecule has 0 atom stereocenters. The van der Waals surface area contributed by atoms with Crippen molar-refractivity contribution in [2.24, 2.45) is 0 Å². The predicted molar refractivity (Wildman–Crippen MR) is 86.8 cm³/mol. The van der Waals surface area contributed by atoms with Crippen LogP contribution in [0.15, 0.2) is 34.8 Å². The molecule has 0 heterocycles. The van der Waals surface area contributed by atoms with Gasteiger partial charge in [0.1, 0.15) is 5.75 Å². The molecule has 0 fully saturated rings. The fourth-order valence-corrected chi connectivity index (χ4v) is 2.58. The minimum Gasteiger partial charge on any atom is -0.504 e. The first-order valence-electron chi connectivity index (χ1n) is 5.75. The fraction of sp³-hybridized carbons (Fsp3) is 0.0714. The van der Waals surface area contributed by atoms with Crippen molar-refractivity contribution in [2.45, 2.75) is 0 Å². The summed E-state index contributed by atoms with van der Waals surface area (Å²) >= 11 is 15.0. The van der Waals surface area contributed by atoms with Crippen LogP contribution in [0, 0.1) is 0 Å². The van der Waals surface area contributed by atoms with Crippen molar-refractivity contribution >= 4 is 50.7 Å². The number of ether oxygens (including phenoxy) is 1. The minimum atomic E-state index is -0.436. The smallest absolute Gasteiger partial charge is 0.257 e. The van der Waals surface area contributed by atoms with Crippen molar-refractivity contribution in [1.82, 2.24) is 0 Å². The summed E-state index contributed by atoms with van der Waals surface area (Å²) in [6, 6.07) is 7.78. The second-order valence-electron chi connectivity index (χ2n) is 4.08. The number of carbonyl (C=O) groups excluding carboxylic acids is 1. The van der Waals surface area contributed by atoms with E-state index in [1.807, 2.05) is 0 Å². The van der Waals surface area contributed by atoms with Crippen molar-refractivity contribution in [3.8, 4) is 11.5 Å². The van der Waals surface area contributed by atoms with Gasteiger partial charge in [-0.3, -0.25) is 4.79 Å². The van der Waals surface area contributed by atoms with Gasteiger partial charge >= 0.3 is 0 Å². The Bertz CT molecular complexity index is 707. The lowest BCUT2D eigenvalue weighted by Gasteiger charge is -2.11. The number of hydrogen-bond acceptors (Lipinski definition) is 3. The van der Waals surface area contributed by atoms with Crippen LogP contribution in [0.2, 0.25) is 10.0 Å². The highest BCUT2D eigenvalue weighted by molar-refractivity contribution is 9.10. The molecule has 1 amide bonds. The Kier molecular flexibility index (Phi) is 4.98. The highest BCUT2D eigenvalue weighted by atomic mass is 79.9. The van der Waals surface area contributed by atoms with Crippen molar-refractivity contribution in [1.29, 1.82) is 0 Å². The molecule has 21 heavy (non-hydrogen) atoms. The van der Waals surface area contributed by atoms with Crippen LogP contribution in [0.4, 0.5) is 5.69 Å². The summed E-state index contributed by atoms with van der Waals surface area (Å²) < 4.78 is 5.67. The van der Waals surface area contributed by atoms with Crippen LogP contribution in [-0.4, -0.2) is 18.1 Å². The van der Waals surface area contributed by atoms with E-state index in [4.69, 9.17) is 27.9 Å². The third-order valence-electron chi connectivity index (χ3n) is 2.69. The second-order valence-corrected chi connectivity index (χ2v) is 5.78. The van der Waals surface area contributed by atoms with E-state index >= 15 is 0 Å². The van der Waals surface area contributed by atoms with Gasteiger partial charge < -0.3 is 15.2 Å². The maximum absolute atomic E-state index is 12.3. The molecule has 7 heteroatoms. The van der Waals surface area contributed by atoms with Gasteiger partial charge in [-0.05, 0) is 46.3 Å². The Balaban J connectivity index is 2.34. The van der Waals surface area contributed by atoms with E-state index in [-0.39, 0.29) is 16.5 Å².